The molecule has 120 valence electrons. The van der Waals surface area contributed by atoms with Crippen LogP contribution in [0.1, 0.15) is 6.92 Å². The zero-order valence-electron chi connectivity index (χ0n) is 11.7. The highest BCUT2D eigenvalue weighted by Crippen LogP contribution is 2.14. The minimum atomic E-state index is -3.70. The average Bonchev–Trinajstić information content (AvgIpc) is 2.37. The molecule has 9 heteroatoms. The van der Waals surface area contributed by atoms with Crippen LogP contribution < -0.4 is 9.88 Å². The highest BCUT2D eigenvalue weighted by Gasteiger charge is 2.16. The van der Waals surface area contributed by atoms with Crippen molar-refractivity contribution in [2.24, 2.45) is 5.14 Å². The van der Waals surface area contributed by atoms with Crippen LogP contribution in [0.5, 0.6) is 5.75 Å². The molecule has 0 heterocycles. The first-order chi connectivity index (χ1) is 9.21. The summed E-state index contributed by atoms with van der Waals surface area (Å²) < 4.78 is 27.5. The van der Waals surface area contributed by atoms with Crippen LogP contribution >= 0.6 is 12.4 Å². The number of benzene rings is 1. The van der Waals surface area contributed by atoms with Crippen molar-refractivity contribution in [3.63, 3.8) is 0 Å². The van der Waals surface area contributed by atoms with E-state index in [2.05, 4.69) is 0 Å². The number of ether oxygens (including phenoxy) is 1. The fraction of sp³-hybridized carbons (Fsp3) is 0.417. The Labute approximate surface area is 130 Å². The molecule has 21 heavy (non-hydrogen) atoms. The molecular formula is C12H19ClN2O5S. The summed E-state index contributed by atoms with van der Waals surface area (Å²) in [6.45, 7) is 2.32. The summed E-state index contributed by atoms with van der Waals surface area (Å²) in [5.74, 6) is -0.404. The number of aliphatic carboxylic acids is 1. The van der Waals surface area contributed by atoms with Gasteiger partial charge in [-0.25, -0.2) is 13.6 Å². The van der Waals surface area contributed by atoms with E-state index in [1.54, 1.807) is 18.9 Å². The van der Waals surface area contributed by atoms with Gasteiger partial charge < -0.3 is 9.84 Å². The molecule has 0 amide bonds. The van der Waals surface area contributed by atoms with Gasteiger partial charge in [0, 0.05) is 6.54 Å². The van der Waals surface area contributed by atoms with Crippen molar-refractivity contribution in [1.29, 1.82) is 0 Å². The van der Waals surface area contributed by atoms with Crippen LogP contribution in [0.3, 0.4) is 0 Å². The quantitative estimate of drug-likeness (QED) is 0.750. The molecule has 0 aliphatic heterocycles. The van der Waals surface area contributed by atoms with E-state index in [1.807, 2.05) is 0 Å². The molecular weight excluding hydrogens is 320 g/mol. The first-order valence-electron chi connectivity index (χ1n) is 5.90. The summed E-state index contributed by atoms with van der Waals surface area (Å²) in [7, 11) is -2.02. The summed E-state index contributed by atoms with van der Waals surface area (Å²) in [6, 6.07) is 5.12. The Morgan fingerprint density at radius 3 is 2.33 bits per heavy atom. The van der Waals surface area contributed by atoms with Gasteiger partial charge in [-0.3, -0.25) is 9.69 Å². The molecule has 0 bridgehead atoms. The number of nitrogens with two attached hydrogens (primary N) is 1. The number of carboxylic acids is 1. The Kier molecular flexibility index (Phi) is 7.65. The second kappa shape index (κ2) is 8.18. The average molecular weight is 339 g/mol. The van der Waals surface area contributed by atoms with Gasteiger partial charge in [-0.2, -0.15) is 0 Å². The summed E-state index contributed by atoms with van der Waals surface area (Å²) in [5, 5.41) is 13.8. The van der Waals surface area contributed by atoms with Gasteiger partial charge in [0.25, 0.3) is 0 Å². The lowest BCUT2D eigenvalue weighted by molar-refractivity contribution is -0.142. The fourth-order valence-corrected chi connectivity index (χ4v) is 1.93. The molecule has 0 radical (unpaired) electrons. The van der Waals surface area contributed by atoms with E-state index >= 15 is 0 Å². The SMILES string of the molecule is CC(C(=O)O)N(C)CCOc1ccc(S(N)(=O)=O)cc1.Cl. The summed E-state index contributed by atoms with van der Waals surface area (Å²) in [4.78, 5) is 12.4. The molecule has 1 aromatic rings. The third-order valence-electron chi connectivity index (χ3n) is 2.88. The first kappa shape index (κ1) is 19.7. The summed E-state index contributed by atoms with van der Waals surface area (Å²) in [5.41, 5.74) is 0. The molecule has 0 aliphatic carbocycles. The van der Waals surface area contributed by atoms with Crippen LogP contribution in [0.2, 0.25) is 0 Å². The zero-order chi connectivity index (χ0) is 15.3. The molecule has 0 aliphatic rings. The van der Waals surface area contributed by atoms with Gasteiger partial charge in [0.2, 0.25) is 10.0 Å². The Morgan fingerprint density at radius 1 is 1.38 bits per heavy atom. The minimum Gasteiger partial charge on any atom is -0.492 e. The van der Waals surface area contributed by atoms with E-state index in [-0.39, 0.29) is 17.3 Å². The van der Waals surface area contributed by atoms with E-state index in [0.717, 1.165) is 0 Å². The summed E-state index contributed by atoms with van der Waals surface area (Å²) in [6.07, 6.45) is 0. The highest BCUT2D eigenvalue weighted by molar-refractivity contribution is 7.89. The van der Waals surface area contributed by atoms with Gasteiger partial charge in [0.1, 0.15) is 18.4 Å². The largest absolute Gasteiger partial charge is 0.492 e. The third-order valence-corrected chi connectivity index (χ3v) is 3.81. The van der Waals surface area contributed by atoms with Crippen LogP contribution in [-0.2, 0) is 14.8 Å². The topological polar surface area (TPSA) is 110 Å². The molecule has 3 N–H and O–H groups in total. The van der Waals surface area contributed by atoms with Gasteiger partial charge in [0.05, 0.1) is 4.90 Å². The maximum Gasteiger partial charge on any atom is 0.320 e. The standard InChI is InChI=1S/C12H18N2O5S.ClH/c1-9(12(15)16)14(2)7-8-19-10-3-5-11(6-4-10)20(13,17)18;/h3-6,9H,7-8H2,1-2H3,(H,15,16)(H2,13,17,18);1H. The van der Waals surface area contributed by atoms with Crippen molar-refractivity contribution < 1.29 is 23.1 Å². The van der Waals surface area contributed by atoms with Crippen molar-refractivity contribution in [1.82, 2.24) is 4.90 Å². The zero-order valence-corrected chi connectivity index (χ0v) is 13.4. The number of hydrogen-bond acceptors (Lipinski definition) is 5. The van der Waals surface area contributed by atoms with Crippen molar-refractivity contribution >= 4 is 28.4 Å². The smallest absolute Gasteiger partial charge is 0.320 e. The van der Waals surface area contributed by atoms with E-state index in [9.17, 15) is 13.2 Å². The van der Waals surface area contributed by atoms with Crippen LogP contribution in [0, 0.1) is 0 Å². The van der Waals surface area contributed by atoms with Crippen molar-refractivity contribution in [2.75, 3.05) is 20.2 Å². The predicted molar refractivity (Wildman–Crippen MR) is 80.3 cm³/mol. The molecule has 7 nitrogen and oxygen atoms in total. The van der Waals surface area contributed by atoms with E-state index in [1.165, 1.54) is 24.3 Å². The highest BCUT2D eigenvalue weighted by atomic mass is 35.5. The van der Waals surface area contributed by atoms with Gasteiger partial charge in [0.15, 0.2) is 0 Å². The van der Waals surface area contributed by atoms with E-state index < -0.39 is 22.0 Å². The Hall–Kier alpha value is -1.35. The maximum atomic E-state index is 11.1. The normalized spacial score (nSPS) is 12.6. The number of rotatable bonds is 7. The Morgan fingerprint density at radius 2 is 1.90 bits per heavy atom. The molecule has 1 aromatic carbocycles. The number of sulfonamides is 1. The van der Waals surface area contributed by atoms with Gasteiger partial charge >= 0.3 is 5.97 Å². The predicted octanol–water partition coefficient (Wildman–Crippen LogP) is 0.540. The van der Waals surface area contributed by atoms with Crippen LogP contribution in [0.25, 0.3) is 0 Å². The Bertz CT molecular complexity index is 562. The molecule has 0 fully saturated rings. The fourth-order valence-electron chi connectivity index (χ4n) is 1.42. The number of likely N-dealkylation sites (N-methyl/N-ethyl adjacent to an activating group) is 1. The lowest BCUT2D eigenvalue weighted by atomic mass is 10.3. The second-order valence-electron chi connectivity index (χ2n) is 4.36. The lowest BCUT2D eigenvalue weighted by Crippen LogP contribution is -2.38. The number of halogens is 1. The molecule has 0 saturated carbocycles. The van der Waals surface area contributed by atoms with Gasteiger partial charge in [-0.05, 0) is 38.2 Å². The van der Waals surface area contributed by atoms with E-state index in [0.29, 0.717) is 18.9 Å². The molecule has 0 spiro atoms. The van der Waals surface area contributed by atoms with Crippen LogP contribution in [0.15, 0.2) is 29.2 Å². The van der Waals surface area contributed by atoms with E-state index in [4.69, 9.17) is 15.0 Å². The van der Waals surface area contributed by atoms with Crippen molar-refractivity contribution in [2.45, 2.75) is 17.9 Å². The number of primary sulfonamides is 1. The number of carbonyl (C=O) groups is 1. The molecule has 1 rings (SSSR count). The number of hydrogen-bond donors (Lipinski definition) is 2. The summed E-state index contributed by atoms with van der Waals surface area (Å²) >= 11 is 0. The number of nitrogens with zero attached hydrogens (tertiary/aromatic N) is 1. The monoisotopic (exact) mass is 338 g/mol. The minimum absolute atomic E-state index is 0. The van der Waals surface area contributed by atoms with Crippen molar-refractivity contribution in [3.05, 3.63) is 24.3 Å². The van der Waals surface area contributed by atoms with Crippen LogP contribution in [0.4, 0.5) is 0 Å². The van der Waals surface area contributed by atoms with Crippen molar-refractivity contribution in [3.8, 4) is 5.75 Å². The molecule has 1 atom stereocenters. The molecule has 0 saturated heterocycles. The van der Waals surface area contributed by atoms with Gasteiger partial charge in [-0.15, -0.1) is 12.4 Å². The van der Waals surface area contributed by atoms with Crippen LogP contribution in [-0.4, -0.2) is 50.6 Å². The molecule has 1 unspecified atom stereocenters. The van der Waals surface area contributed by atoms with Gasteiger partial charge in [-0.1, -0.05) is 0 Å². The first-order valence-corrected chi connectivity index (χ1v) is 7.45. The maximum absolute atomic E-state index is 11.1. The third kappa shape index (κ3) is 6.30. The second-order valence-corrected chi connectivity index (χ2v) is 5.92. The Balaban J connectivity index is 0.00000400. The number of carboxylic acid groups (broad SMARTS) is 1. The molecule has 0 aromatic heterocycles. The lowest BCUT2D eigenvalue weighted by Gasteiger charge is -2.20.